The van der Waals surface area contributed by atoms with Crippen LogP contribution in [-0.4, -0.2) is 6.54 Å². The fourth-order valence-electron chi connectivity index (χ4n) is 3.38. The van der Waals surface area contributed by atoms with E-state index in [0.29, 0.717) is 12.0 Å². The third-order valence-electron chi connectivity index (χ3n) is 4.22. The molecule has 2 heterocycles. The molecule has 2 bridgehead atoms. The van der Waals surface area contributed by atoms with Crippen molar-refractivity contribution in [1.29, 1.82) is 0 Å². The quantitative estimate of drug-likeness (QED) is 0.780. The van der Waals surface area contributed by atoms with Crippen LogP contribution in [0.3, 0.4) is 0 Å². The van der Waals surface area contributed by atoms with Gasteiger partial charge < -0.3 is 5.32 Å². The molecule has 0 radical (unpaired) electrons. The molecule has 0 amide bonds. The lowest BCUT2D eigenvalue weighted by atomic mass is 9.85. The Morgan fingerprint density at radius 3 is 2.72 bits per heavy atom. The van der Waals surface area contributed by atoms with Crippen molar-refractivity contribution in [2.24, 2.45) is 0 Å². The van der Waals surface area contributed by atoms with Crippen LogP contribution in [0.4, 0.5) is 0 Å². The monoisotopic (exact) mass is 299 g/mol. The van der Waals surface area contributed by atoms with Gasteiger partial charge in [0.25, 0.3) is 0 Å². The molecular formula is C16H14BrN. The number of nitrogens with one attached hydrogen (secondary N) is 1. The molecule has 0 saturated heterocycles. The van der Waals surface area contributed by atoms with Crippen molar-refractivity contribution in [2.45, 2.75) is 18.4 Å². The highest BCUT2D eigenvalue weighted by molar-refractivity contribution is 9.10. The molecule has 0 spiro atoms. The summed E-state index contributed by atoms with van der Waals surface area (Å²) in [4.78, 5) is 0. The Hall–Kier alpha value is -1.12. The van der Waals surface area contributed by atoms with Crippen LogP contribution in [0.2, 0.25) is 0 Å². The van der Waals surface area contributed by atoms with Crippen LogP contribution < -0.4 is 5.32 Å². The number of rotatable bonds is 0. The van der Waals surface area contributed by atoms with Crippen molar-refractivity contribution >= 4 is 15.9 Å². The maximum atomic E-state index is 3.69. The van der Waals surface area contributed by atoms with Gasteiger partial charge in [-0.25, -0.2) is 0 Å². The average molecular weight is 300 g/mol. The topological polar surface area (TPSA) is 12.0 Å². The van der Waals surface area contributed by atoms with Crippen molar-refractivity contribution in [1.82, 2.24) is 5.32 Å². The molecule has 0 aromatic heterocycles. The Labute approximate surface area is 115 Å². The Morgan fingerprint density at radius 1 is 1.00 bits per heavy atom. The van der Waals surface area contributed by atoms with Crippen LogP contribution in [0.5, 0.6) is 0 Å². The Bertz CT molecular complexity index is 620. The summed E-state index contributed by atoms with van der Waals surface area (Å²) in [6.45, 7) is 1.06. The largest absolute Gasteiger partial charge is 0.309 e. The standard InChI is InChI=1S/C16H14BrN/c17-11-6-5-10-7-16-13-4-2-1-3-12(13)15(9-18-16)14(10)8-11/h1-6,8,15-16,18H,7,9H2/t15-,16-/m0/s1. The van der Waals surface area contributed by atoms with E-state index >= 15 is 0 Å². The van der Waals surface area contributed by atoms with Crippen LogP contribution in [-0.2, 0) is 6.42 Å². The summed E-state index contributed by atoms with van der Waals surface area (Å²) in [5, 5.41) is 3.69. The van der Waals surface area contributed by atoms with E-state index < -0.39 is 0 Å². The molecule has 1 aliphatic carbocycles. The number of hydrogen-bond acceptors (Lipinski definition) is 1. The molecule has 2 atom stereocenters. The second-order valence-corrected chi connectivity index (χ2v) is 6.11. The van der Waals surface area contributed by atoms with Crippen LogP contribution in [0, 0.1) is 0 Å². The number of hydrogen-bond donors (Lipinski definition) is 1. The zero-order valence-corrected chi connectivity index (χ0v) is 11.6. The summed E-state index contributed by atoms with van der Waals surface area (Å²) in [5.74, 6) is 0.507. The summed E-state index contributed by atoms with van der Waals surface area (Å²) in [7, 11) is 0. The van der Waals surface area contributed by atoms with Gasteiger partial charge in [-0.3, -0.25) is 0 Å². The third-order valence-corrected chi connectivity index (χ3v) is 4.72. The SMILES string of the molecule is Brc1ccc2c(c1)[C@H]1CN[C@@H](C2)c2ccccc21. The zero-order chi connectivity index (χ0) is 12.1. The normalized spacial score (nSPS) is 24.3. The summed E-state index contributed by atoms with van der Waals surface area (Å²) < 4.78 is 1.18. The first-order valence-corrected chi connectivity index (χ1v) is 7.23. The van der Waals surface area contributed by atoms with Crippen LogP contribution in [0.25, 0.3) is 0 Å². The minimum atomic E-state index is 0.486. The van der Waals surface area contributed by atoms with Crippen LogP contribution in [0.15, 0.2) is 46.9 Å². The molecule has 2 aromatic rings. The van der Waals surface area contributed by atoms with Gasteiger partial charge in [0, 0.05) is 23.0 Å². The van der Waals surface area contributed by atoms with Gasteiger partial charge in [0.1, 0.15) is 0 Å². The summed E-state index contributed by atoms with van der Waals surface area (Å²) in [6, 6.07) is 16.1. The summed E-state index contributed by atoms with van der Waals surface area (Å²) in [6.07, 6.45) is 1.11. The predicted molar refractivity (Wildman–Crippen MR) is 76.9 cm³/mol. The van der Waals surface area contributed by atoms with E-state index in [1.54, 1.807) is 0 Å². The maximum absolute atomic E-state index is 3.69. The number of fused-ring (bicyclic) bond motifs is 1. The molecule has 2 aliphatic heterocycles. The van der Waals surface area contributed by atoms with Gasteiger partial charge in [0.15, 0.2) is 0 Å². The van der Waals surface area contributed by atoms with Crippen molar-refractivity contribution < 1.29 is 0 Å². The van der Waals surface area contributed by atoms with Crippen LogP contribution in [0.1, 0.15) is 34.2 Å². The van der Waals surface area contributed by atoms with Crippen molar-refractivity contribution in [3.63, 3.8) is 0 Å². The number of halogens is 1. The Kier molecular flexibility index (Phi) is 2.36. The van der Waals surface area contributed by atoms with E-state index in [0.717, 1.165) is 13.0 Å². The molecule has 5 rings (SSSR count). The maximum Gasteiger partial charge on any atom is 0.0364 e. The molecule has 2 heteroatoms. The molecule has 18 heavy (non-hydrogen) atoms. The number of benzene rings is 2. The summed E-state index contributed by atoms with van der Waals surface area (Å²) >= 11 is 3.61. The van der Waals surface area contributed by atoms with Gasteiger partial charge in [0.05, 0.1) is 0 Å². The van der Waals surface area contributed by atoms with Gasteiger partial charge in [0.2, 0.25) is 0 Å². The molecule has 2 aromatic carbocycles. The van der Waals surface area contributed by atoms with Gasteiger partial charge in [-0.15, -0.1) is 0 Å². The Balaban J connectivity index is 1.99. The predicted octanol–water partition coefficient (Wildman–Crippen LogP) is 3.78. The minimum absolute atomic E-state index is 0.486. The second-order valence-electron chi connectivity index (χ2n) is 5.19. The summed E-state index contributed by atoms with van der Waals surface area (Å²) in [5.41, 5.74) is 5.98. The van der Waals surface area contributed by atoms with E-state index in [2.05, 4.69) is 63.7 Å². The Morgan fingerprint density at radius 2 is 1.83 bits per heavy atom. The molecule has 3 aliphatic rings. The minimum Gasteiger partial charge on any atom is -0.309 e. The lowest BCUT2D eigenvalue weighted by Crippen LogP contribution is -2.31. The molecule has 1 nitrogen and oxygen atoms in total. The van der Waals surface area contributed by atoms with E-state index in [1.165, 1.54) is 26.7 Å². The first-order chi connectivity index (χ1) is 8.83. The van der Waals surface area contributed by atoms with Crippen molar-refractivity contribution in [2.75, 3.05) is 6.54 Å². The van der Waals surface area contributed by atoms with Crippen molar-refractivity contribution in [3.8, 4) is 0 Å². The van der Waals surface area contributed by atoms with Crippen molar-refractivity contribution in [3.05, 3.63) is 69.2 Å². The first kappa shape index (κ1) is 10.8. The van der Waals surface area contributed by atoms with E-state index in [4.69, 9.17) is 0 Å². The fourth-order valence-corrected chi connectivity index (χ4v) is 3.76. The molecule has 0 saturated carbocycles. The third kappa shape index (κ3) is 1.49. The first-order valence-electron chi connectivity index (χ1n) is 6.43. The van der Waals surface area contributed by atoms with Gasteiger partial charge in [-0.2, -0.15) is 0 Å². The lowest BCUT2D eigenvalue weighted by molar-refractivity contribution is 0.500. The van der Waals surface area contributed by atoms with Gasteiger partial charge in [-0.1, -0.05) is 46.3 Å². The second kappa shape index (κ2) is 3.94. The molecule has 1 N–H and O–H groups in total. The molecular weight excluding hydrogens is 286 g/mol. The van der Waals surface area contributed by atoms with E-state index in [1.807, 2.05) is 0 Å². The molecule has 0 fully saturated rings. The zero-order valence-electron chi connectivity index (χ0n) is 9.99. The van der Waals surface area contributed by atoms with E-state index in [-0.39, 0.29) is 0 Å². The highest BCUT2D eigenvalue weighted by Crippen LogP contribution is 2.42. The van der Waals surface area contributed by atoms with Gasteiger partial charge >= 0.3 is 0 Å². The van der Waals surface area contributed by atoms with Crippen LogP contribution >= 0.6 is 15.9 Å². The van der Waals surface area contributed by atoms with Gasteiger partial charge in [-0.05, 0) is 40.8 Å². The lowest BCUT2D eigenvalue weighted by Gasteiger charge is -2.29. The smallest absolute Gasteiger partial charge is 0.0364 e. The average Bonchev–Trinajstić information content (AvgIpc) is 2.65. The molecule has 90 valence electrons. The molecule has 0 unspecified atom stereocenters. The fraction of sp³-hybridized carbons (Fsp3) is 0.250. The highest BCUT2D eigenvalue weighted by Gasteiger charge is 2.33. The highest BCUT2D eigenvalue weighted by atomic mass is 79.9. The van der Waals surface area contributed by atoms with E-state index in [9.17, 15) is 0 Å².